The first kappa shape index (κ1) is 16.0. The molecule has 39 heavy (non-hydrogen) atoms. The molecule has 0 saturated heterocycles. The maximum atomic E-state index is 9.71. The zero-order valence-corrected chi connectivity index (χ0v) is 20.7. The lowest BCUT2D eigenvalue weighted by molar-refractivity contribution is 0.669. The van der Waals surface area contributed by atoms with Crippen molar-refractivity contribution in [3.05, 3.63) is 145 Å². The van der Waals surface area contributed by atoms with Gasteiger partial charge in [0, 0.05) is 10.8 Å². The van der Waals surface area contributed by atoms with Gasteiger partial charge in [-0.3, -0.25) is 0 Å². The fourth-order valence-electron chi connectivity index (χ4n) is 5.61. The maximum absolute atomic E-state index is 9.71. The van der Waals surface area contributed by atoms with Crippen LogP contribution in [0.25, 0.3) is 76.9 Å². The summed E-state index contributed by atoms with van der Waals surface area (Å²) in [6.45, 7) is 0. The van der Waals surface area contributed by atoms with E-state index in [1.54, 1.807) is 0 Å². The zero-order valence-electron chi connectivity index (χ0n) is 27.7. The molecule has 7 aromatic carbocycles. The van der Waals surface area contributed by atoms with Crippen LogP contribution < -0.4 is 0 Å². The molecule has 0 N–H and O–H groups in total. The van der Waals surface area contributed by atoms with E-state index in [-0.39, 0.29) is 58.0 Å². The SMILES string of the molecule is [2H]c1c([2H])c([2H])c2c(-c3cccc4oc5ccccc5c34)c3c([2H])c([2H])c(-c4ccccc4)c([2H])c3c(-c3ccccc3)c2c1[2H]. The van der Waals surface area contributed by atoms with Crippen LogP contribution in [0.3, 0.4) is 0 Å². The largest absolute Gasteiger partial charge is 0.456 e. The van der Waals surface area contributed by atoms with Crippen LogP contribution in [-0.2, 0) is 0 Å². The third-order valence-electron chi connectivity index (χ3n) is 7.30. The van der Waals surface area contributed by atoms with E-state index in [4.69, 9.17) is 7.16 Å². The number of hydrogen-bond acceptors (Lipinski definition) is 1. The van der Waals surface area contributed by atoms with Crippen molar-refractivity contribution in [3.63, 3.8) is 0 Å². The van der Waals surface area contributed by atoms with E-state index in [2.05, 4.69) is 0 Å². The van der Waals surface area contributed by atoms with E-state index in [1.165, 1.54) is 0 Å². The first-order valence-corrected chi connectivity index (χ1v) is 12.8. The summed E-state index contributed by atoms with van der Waals surface area (Å²) in [6, 6.07) is 30.0. The Bertz CT molecular complexity index is 2540. The minimum atomic E-state index is -0.397. The third kappa shape index (κ3) is 3.41. The smallest absolute Gasteiger partial charge is 0.136 e. The molecule has 0 bridgehead atoms. The Balaban J connectivity index is 1.74. The lowest BCUT2D eigenvalue weighted by atomic mass is 9.84. The van der Waals surface area contributed by atoms with Gasteiger partial charge in [-0.1, -0.05) is 127 Å². The Hall–Kier alpha value is -5.14. The average Bonchev–Trinajstić information content (AvgIpc) is 3.47. The highest BCUT2D eigenvalue weighted by atomic mass is 16.3. The summed E-state index contributed by atoms with van der Waals surface area (Å²) >= 11 is 0. The molecule has 0 radical (unpaired) electrons. The Morgan fingerprint density at radius 2 is 1.08 bits per heavy atom. The molecule has 8 aromatic rings. The first-order chi connectivity index (χ1) is 22.3. The van der Waals surface area contributed by atoms with Crippen molar-refractivity contribution in [3.8, 4) is 33.4 Å². The topological polar surface area (TPSA) is 13.1 Å². The predicted molar refractivity (Wildman–Crippen MR) is 165 cm³/mol. The van der Waals surface area contributed by atoms with Gasteiger partial charge in [-0.05, 0) is 73.1 Å². The molecule has 1 nitrogen and oxygen atoms in total. The van der Waals surface area contributed by atoms with Crippen molar-refractivity contribution in [2.45, 2.75) is 0 Å². The van der Waals surface area contributed by atoms with E-state index in [9.17, 15) is 6.85 Å². The molecular weight excluding hydrogens is 472 g/mol. The van der Waals surface area contributed by atoms with Gasteiger partial charge in [0.15, 0.2) is 0 Å². The number of hydrogen-bond donors (Lipinski definition) is 0. The minimum Gasteiger partial charge on any atom is -0.456 e. The standard InChI is InChI=1S/C38H24O/c1-3-12-25(13-4-1)27-22-23-30-33(24-27)36(26-14-5-2-6-15-26)28-16-7-8-17-29(28)37(30)32-19-11-21-35-38(32)31-18-9-10-20-34(31)39-35/h1-24H/i7D,8D,16D,17D,22D,23D,24D. The summed E-state index contributed by atoms with van der Waals surface area (Å²) in [4.78, 5) is 0. The molecule has 182 valence electrons. The molecule has 1 heterocycles. The van der Waals surface area contributed by atoms with Gasteiger partial charge in [0.05, 0.1) is 9.60 Å². The third-order valence-corrected chi connectivity index (χ3v) is 7.30. The van der Waals surface area contributed by atoms with Crippen LogP contribution in [-0.4, -0.2) is 0 Å². The summed E-state index contributed by atoms with van der Waals surface area (Å²) in [5, 5.41) is 2.66. The van der Waals surface area contributed by atoms with Crippen LogP contribution in [0.1, 0.15) is 9.60 Å². The molecule has 0 amide bonds. The number of para-hydroxylation sites is 1. The Labute approximate surface area is 236 Å². The van der Waals surface area contributed by atoms with Gasteiger partial charge in [-0.15, -0.1) is 0 Å². The lowest BCUT2D eigenvalue weighted by Gasteiger charge is -2.19. The Kier molecular flexibility index (Phi) is 3.57. The van der Waals surface area contributed by atoms with Crippen molar-refractivity contribution in [2.24, 2.45) is 0 Å². The summed E-state index contributed by atoms with van der Waals surface area (Å²) in [6.07, 6.45) is 0. The molecule has 0 aliphatic rings. The molecule has 1 aromatic heterocycles. The number of rotatable bonds is 3. The molecular formula is C38H24O. The van der Waals surface area contributed by atoms with Gasteiger partial charge in [0.25, 0.3) is 0 Å². The molecule has 0 unspecified atom stereocenters. The van der Waals surface area contributed by atoms with Crippen LogP contribution in [0.5, 0.6) is 0 Å². The second-order valence-electron chi connectivity index (χ2n) is 9.51. The van der Waals surface area contributed by atoms with Crippen LogP contribution >= 0.6 is 0 Å². The molecule has 8 rings (SSSR count). The van der Waals surface area contributed by atoms with E-state index < -0.39 is 6.04 Å². The molecule has 0 aliphatic heterocycles. The van der Waals surface area contributed by atoms with Crippen LogP contribution in [0.4, 0.5) is 0 Å². The number of fused-ring (bicyclic) bond motifs is 5. The first-order valence-electron chi connectivity index (χ1n) is 16.3. The van der Waals surface area contributed by atoms with Crippen molar-refractivity contribution < 1.29 is 14.0 Å². The van der Waals surface area contributed by atoms with Crippen molar-refractivity contribution in [2.75, 3.05) is 0 Å². The zero-order chi connectivity index (χ0) is 31.9. The van der Waals surface area contributed by atoms with Crippen LogP contribution in [0.15, 0.2) is 150 Å². The Morgan fingerprint density at radius 1 is 0.436 bits per heavy atom. The molecule has 0 fully saturated rings. The highest BCUT2D eigenvalue weighted by Gasteiger charge is 2.20. The quantitative estimate of drug-likeness (QED) is 0.219. The molecule has 0 saturated carbocycles. The average molecular weight is 504 g/mol. The molecule has 0 aliphatic carbocycles. The highest BCUT2D eigenvalue weighted by Crippen LogP contribution is 2.47. The van der Waals surface area contributed by atoms with Crippen molar-refractivity contribution in [1.82, 2.24) is 0 Å². The van der Waals surface area contributed by atoms with Crippen LogP contribution in [0.2, 0.25) is 0 Å². The monoisotopic (exact) mass is 503 g/mol. The molecule has 1 heteroatoms. The normalized spacial score (nSPS) is 14.1. The fraction of sp³-hybridized carbons (Fsp3) is 0. The molecule has 0 atom stereocenters. The summed E-state index contributed by atoms with van der Waals surface area (Å²) in [5.41, 5.74) is 4.19. The highest BCUT2D eigenvalue weighted by molar-refractivity contribution is 6.26. The predicted octanol–water partition coefficient (Wildman–Crippen LogP) is 10.9. The second kappa shape index (κ2) is 8.72. The van der Waals surface area contributed by atoms with Crippen LogP contribution in [0, 0.1) is 0 Å². The van der Waals surface area contributed by atoms with Gasteiger partial charge in [0.2, 0.25) is 0 Å². The van der Waals surface area contributed by atoms with Gasteiger partial charge >= 0.3 is 0 Å². The van der Waals surface area contributed by atoms with E-state index in [0.717, 1.165) is 10.8 Å². The fourth-order valence-corrected chi connectivity index (χ4v) is 5.61. The van der Waals surface area contributed by atoms with Gasteiger partial charge in [-0.2, -0.15) is 0 Å². The van der Waals surface area contributed by atoms with Gasteiger partial charge < -0.3 is 4.42 Å². The van der Waals surface area contributed by atoms with E-state index in [1.807, 2.05) is 103 Å². The summed E-state index contributed by atoms with van der Waals surface area (Å²) in [7, 11) is 0. The summed E-state index contributed by atoms with van der Waals surface area (Å²) in [5.74, 6) is 0. The van der Waals surface area contributed by atoms with Gasteiger partial charge in [0.1, 0.15) is 11.2 Å². The lowest BCUT2D eigenvalue weighted by Crippen LogP contribution is -1.92. The minimum absolute atomic E-state index is 0.0147. The van der Waals surface area contributed by atoms with E-state index >= 15 is 0 Å². The Morgan fingerprint density at radius 3 is 1.87 bits per heavy atom. The number of benzene rings is 7. The second-order valence-corrected chi connectivity index (χ2v) is 9.51. The van der Waals surface area contributed by atoms with Crippen molar-refractivity contribution >= 4 is 43.5 Å². The summed E-state index contributed by atoms with van der Waals surface area (Å²) < 4.78 is 70.7. The van der Waals surface area contributed by atoms with Crippen molar-refractivity contribution in [1.29, 1.82) is 0 Å². The maximum Gasteiger partial charge on any atom is 0.136 e. The van der Waals surface area contributed by atoms with Gasteiger partial charge in [-0.25, -0.2) is 0 Å². The van der Waals surface area contributed by atoms with E-state index in [0.29, 0.717) is 44.4 Å². The number of furan rings is 1. The molecule has 0 spiro atoms.